The van der Waals surface area contributed by atoms with Gasteiger partial charge in [0.2, 0.25) is 26.6 Å². The van der Waals surface area contributed by atoms with E-state index in [2.05, 4.69) is 26.2 Å². The van der Waals surface area contributed by atoms with Gasteiger partial charge in [-0.05, 0) is 42.8 Å². The predicted octanol–water partition coefficient (Wildman–Crippen LogP) is 4.52. The summed E-state index contributed by atoms with van der Waals surface area (Å²) >= 11 is 3.28. The highest BCUT2D eigenvalue weighted by molar-refractivity contribution is 9.10. The number of hydrogen-bond acceptors (Lipinski definition) is 6. The number of oxazole rings is 1. The fourth-order valence-corrected chi connectivity index (χ4v) is 4.04. The molecule has 1 aromatic heterocycles. The summed E-state index contributed by atoms with van der Waals surface area (Å²) in [6, 6.07) is 12.1. The molecule has 0 unspecified atom stereocenters. The fraction of sp³-hybridized carbons (Fsp3) is 0.211. The number of anilines is 1. The van der Waals surface area contributed by atoms with Gasteiger partial charge in [0.1, 0.15) is 5.82 Å². The summed E-state index contributed by atoms with van der Waals surface area (Å²) in [7, 11) is -2.39. The van der Waals surface area contributed by atoms with Crippen molar-refractivity contribution in [3.05, 3.63) is 58.8 Å². The minimum Gasteiger partial charge on any atom is -0.419 e. The van der Waals surface area contributed by atoms with E-state index in [9.17, 15) is 12.8 Å². The first-order valence-electron chi connectivity index (χ1n) is 8.42. The number of ether oxygens (including phenoxy) is 1. The third-order valence-corrected chi connectivity index (χ3v) is 6.10. The zero-order valence-corrected chi connectivity index (χ0v) is 17.4. The largest absolute Gasteiger partial charge is 0.419 e. The molecule has 0 saturated carbocycles. The molecule has 0 spiro atoms. The van der Waals surface area contributed by atoms with E-state index in [0.717, 1.165) is 4.47 Å². The number of benzene rings is 2. The van der Waals surface area contributed by atoms with Gasteiger partial charge in [-0.15, -0.1) is 0 Å². The van der Waals surface area contributed by atoms with Crippen LogP contribution in [0.5, 0.6) is 0 Å². The summed E-state index contributed by atoms with van der Waals surface area (Å²) in [6.07, 6.45) is 0.629. The maximum Gasteiger partial charge on any atom is 0.233 e. The lowest BCUT2D eigenvalue weighted by molar-refractivity contribution is 0.197. The van der Waals surface area contributed by atoms with Crippen LogP contribution in [0.25, 0.3) is 11.5 Å². The molecule has 0 saturated heterocycles. The number of halogens is 2. The van der Waals surface area contributed by atoms with Crippen LogP contribution in [0.15, 0.2) is 67.3 Å². The van der Waals surface area contributed by atoms with Gasteiger partial charge in [-0.3, -0.25) is 0 Å². The van der Waals surface area contributed by atoms with Gasteiger partial charge in [0, 0.05) is 24.7 Å². The van der Waals surface area contributed by atoms with Crippen molar-refractivity contribution in [2.45, 2.75) is 16.3 Å². The summed E-state index contributed by atoms with van der Waals surface area (Å²) in [5.74, 6) is -0.692. The average molecular weight is 469 g/mol. The molecular weight excluding hydrogens is 451 g/mol. The standard InChI is InChI=1S/C19H18BrFN2O4S/c1-26-12-4-11-22-18-19(28(24,25)14-9-7-13(20)8-10-14)23-17(27-18)15-5-2-3-6-16(15)21/h2-3,5-10,22H,4,11-12H2,1H3. The van der Waals surface area contributed by atoms with Crippen molar-refractivity contribution in [1.29, 1.82) is 0 Å². The smallest absolute Gasteiger partial charge is 0.233 e. The van der Waals surface area contributed by atoms with Gasteiger partial charge in [0.05, 0.1) is 10.5 Å². The Labute approximate surface area is 170 Å². The highest BCUT2D eigenvalue weighted by Gasteiger charge is 2.29. The van der Waals surface area contributed by atoms with Crippen molar-refractivity contribution in [1.82, 2.24) is 4.98 Å². The van der Waals surface area contributed by atoms with E-state index in [0.29, 0.717) is 19.6 Å². The number of methoxy groups -OCH3 is 1. The van der Waals surface area contributed by atoms with Gasteiger partial charge in [0.25, 0.3) is 0 Å². The van der Waals surface area contributed by atoms with Gasteiger partial charge < -0.3 is 14.5 Å². The van der Waals surface area contributed by atoms with Crippen LogP contribution in [-0.2, 0) is 14.6 Å². The maximum absolute atomic E-state index is 14.1. The summed E-state index contributed by atoms with van der Waals surface area (Å²) < 4.78 is 51.7. The normalized spacial score (nSPS) is 11.5. The summed E-state index contributed by atoms with van der Waals surface area (Å²) in [6.45, 7) is 0.901. The molecule has 3 aromatic rings. The second-order valence-electron chi connectivity index (χ2n) is 5.86. The Morgan fingerprint density at radius 3 is 2.57 bits per heavy atom. The molecule has 148 valence electrons. The van der Waals surface area contributed by atoms with E-state index in [1.165, 1.54) is 30.3 Å². The number of sulfone groups is 1. The molecule has 1 N–H and O–H groups in total. The van der Waals surface area contributed by atoms with Gasteiger partial charge in [-0.25, -0.2) is 12.8 Å². The van der Waals surface area contributed by atoms with Crippen LogP contribution in [-0.4, -0.2) is 33.7 Å². The molecular formula is C19H18BrFN2O4S. The lowest BCUT2D eigenvalue weighted by Crippen LogP contribution is -2.09. The minimum absolute atomic E-state index is 0.0303. The van der Waals surface area contributed by atoms with Crippen LogP contribution < -0.4 is 5.32 Å². The second-order valence-corrected chi connectivity index (χ2v) is 8.64. The molecule has 28 heavy (non-hydrogen) atoms. The monoisotopic (exact) mass is 468 g/mol. The number of hydrogen-bond donors (Lipinski definition) is 1. The number of aromatic nitrogens is 1. The fourth-order valence-electron chi connectivity index (χ4n) is 2.49. The first-order valence-corrected chi connectivity index (χ1v) is 10.7. The minimum atomic E-state index is -3.97. The van der Waals surface area contributed by atoms with E-state index >= 15 is 0 Å². The first-order chi connectivity index (χ1) is 13.4. The van der Waals surface area contributed by atoms with E-state index in [-0.39, 0.29) is 27.3 Å². The summed E-state index contributed by atoms with van der Waals surface area (Å²) in [5.41, 5.74) is 0.0831. The first kappa shape index (κ1) is 20.5. The molecule has 9 heteroatoms. The summed E-state index contributed by atoms with van der Waals surface area (Å²) in [4.78, 5) is 4.17. The number of nitrogens with one attached hydrogen (secondary N) is 1. The van der Waals surface area contributed by atoms with Crippen LogP contribution in [0.3, 0.4) is 0 Å². The van der Waals surface area contributed by atoms with Crippen molar-refractivity contribution in [3.8, 4) is 11.5 Å². The van der Waals surface area contributed by atoms with Gasteiger partial charge >= 0.3 is 0 Å². The van der Waals surface area contributed by atoms with Crippen molar-refractivity contribution >= 4 is 31.7 Å². The Balaban J connectivity index is 2.04. The van der Waals surface area contributed by atoms with E-state index in [4.69, 9.17) is 9.15 Å². The van der Waals surface area contributed by atoms with Crippen molar-refractivity contribution in [2.24, 2.45) is 0 Å². The molecule has 3 rings (SSSR count). The van der Waals surface area contributed by atoms with Crippen LogP contribution in [0.1, 0.15) is 6.42 Å². The Kier molecular flexibility index (Phi) is 6.48. The molecule has 0 atom stereocenters. The zero-order chi connectivity index (χ0) is 20.1. The molecule has 1 heterocycles. The Bertz CT molecular complexity index is 1050. The SMILES string of the molecule is COCCCNc1oc(-c2ccccc2F)nc1S(=O)(=O)c1ccc(Br)cc1. The van der Waals surface area contributed by atoms with E-state index < -0.39 is 15.7 Å². The topological polar surface area (TPSA) is 81.4 Å². The molecule has 0 radical (unpaired) electrons. The molecule has 2 aromatic carbocycles. The van der Waals surface area contributed by atoms with Gasteiger partial charge in [0.15, 0.2) is 0 Å². The molecule has 0 bridgehead atoms. The Morgan fingerprint density at radius 2 is 1.89 bits per heavy atom. The molecule has 0 amide bonds. The van der Waals surface area contributed by atoms with Crippen LogP contribution in [0, 0.1) is 5.82 Å². The molecule has 0 aliphatic carbocycles. The average Bonchev–Trinajstić information content (AvgIpc) is 3.11. The number of nitrogens with zero attached hydrogens (tertiary/aromatic N) is 1. The van der Waals surface area contributed by atoms with Crippen LogP contribution in [0.2, 0.25) is 0 Å². The highest BCUT2D eigenvalue weighted by Crippen LogP contribution is 2.33. The number of rotatable bonds is 8. The second kappa shape index (κ2) is 8.85. The van der Waals surface area contributed by atoms with Crippen molar-refractivity contribution < 1.29 is 22.0 Å². The molecule has 0 aliphatic rings. The van der Waals surface area contributed by atoms with Crippen LogP contribution >= 0.6 is 15.9 Å². The highest BCUT2D eigenvalue weighted by atomic mass is 79.9. The molecule has 6 nitrogen and oxygen atoms in total. The van der Waals surface area contributed by atoms with Crippen molar-refractivity contribution in [3.63, 3.8) is 0 Å². The van der Waals surface area contributed by atoms with E-state index in [1.807, 2.05) is 0 Å². The van der Waals surface area contributed by atoms with Gasteiger partial charge in [-0.2, -0.15) is 4.98 Å². The third-order valence-electron chi connectivity index (χ3n) is 3.89. The maximum atomic E-state index is 14.1. The quantitative estimate of drug-likeness (QED) is 0.489. The van der Waals surface area contributed by atoms with E-state index in [1.54, 1.807) is 25.3 Å². The zero-order valence-electron chi connectivity index (χ0n) is 15.0. The molecule has 0 fully saturated rings. The Hall–Kier alpha value is -2.23. The molecule has 0 aliphatic heterocycles. The third kappa shape index (κ3) is 4.43. The van der Waals surface area contributed by atoms with Crippen molar-refractivity contribution in [2.75, 3.05) is 25.6 Å². The Morgan fingerprint density at radius 1 is 1.18 bits per heavy atom. The summed E-state index contributed by atoms with van der Waals surface area (Å²) in [5, 5.41) is 2.64. The van der Waals surface area contributed by atoms with Gasteiger partial charge in [-0.1, -0.05) is 28.1 Å². The van der Waals surface area contributed by atoms with Crippen LogP contribution in [0.4, 0.5) is 10.3 Å². The lowest BCUT2D eigenvalue weighted by Gasteiger charge is -2.06. The lowest BCUT2D eigenvalue weighted by atomic mass is 10.2. The predicted molar refractivity (Wildman–Crippen MR) is 106 cm³/mol.